The number of aromatic nitrogens is 2. The largest absolute Gasteiger partial charge is 0.392 e. The van der Waals surface area contributed by atoms with Gasteiger partial charge in [-0.2, -0.15) is 0 Å². The molecule has 1 aliphatic rings. The van der Waals surface area contributed by atoms with Crippen LogP contribution in [0.25, 0.3) is 11.1 Å². The third-order valence-corrected chi connectivity index (χ3v) is 8.91. The van der Waals surface area contributed by atoms with Crippen molar-refractivity contribution in [2.24, 2.45) is 0 Å². The van der Waals surface area contributed by atoms with Crippen molar-refractivity contribution in [2.75, 3.05) is 0 Å². The van der Waals surface area contributed by atoms with E-state index in [0.717, 1.165) is 11.1 Å². The number of benzene rings is 4. The van der Waals surface area contributed by atoms with Crippen LogP contribution in [-0.4, -0.2) is 26.7 Å². The summed E-state index contributed by atoms with van der Waals surface area (Å²) in [5.41, 5.74) is 2.64. The molecule has 6 rings (SSSR count). The summed E-state index contributed by atoms with van der Waals surface area (Å²) in [6.45, 7) is -0.0105. The highest BCUT2D eigenvalue weighted by atomic mass is 35.5. The van der Waals surface area contributed by atoms with Crippen LogP contribution in [0.4, 0.5) is 22.0 Å². The van der Waals surface area contributed by atoms with E-state index < -0.39 is 46.8 Å². The first-order valence-electron chi connectivity index (χ1n) is 14.9. The van der Waals surface area contributed by atoms with E-state index in [1.54, 1.807) is 53.1 Å². The Hall–Kier alpha value is -4.33. The predicted octanol–water partition coefficient (Wildman–Crippen LogP) is 8.22. The Labute approximate surface area is 286 Å². The lowest BCUT2D eigenvalue weighted by atomic mass is 9.97. The van der Waals surface area contributed by atoms with Gasteiger partial charge in [-0.1, -0.05) is 96.0 Å². The van der Waals surface area contributed by atoms with Gasteiger partial charge < -0.3 is 24.5 Å². The zero-order valence-corrected chi connectivity index (χ0v) is 26.8. The highest BCUT2D eigenvalue weighted by molar-refractivity contribution is 6.40. The number of nitrogens with one attached hydrogen (secondary N) is 1. The van der Waals surface area contributed by atoms with Gasteiger partial charge in [0.15, 0.2) is 34.7 Å². The van der Waals surface area contributed by atoms with Gasteiger partial charge in [0.1, 0.15) is 10.7 Å². The number of hydrogen-bond donors (Lipinski definition) is 2. The van der Waals surface area contributed by atoms with E-state index in [9.17, 15) is 31.9 Å². The minimum Gasteiger partial charge on any atom is -0.392 e. The van der Waals surface area contributed by atoms with E-state index in [0.29, 0.717) is 35.2 Å². The standard InChI is InChI=1S/C35H26Cl2F5N3O4/c36-32-33(37)45(17-44-32)15-23-13-25(20-7-5-18(16-46)6-8-20)49-35(48-23)21-11-9-19(10-12-21)24-4-2-1-3-22(24)14-43-34(47)26-27(38)29(40)31(42)30(41)28(26)39/h1-12,17,23,25,35,46H,13-16H2,(H,43,47)/t23-,25+,35+/m0/s1. The van der Waals surface area contributed by atoms with Crippen LogP contribution in [-0.2, 0) is 29.2 Å². The molecule has 1 aliphatic heterocycles. The van der Waals surface area contributed by atoms with E-state index in [1.165, 1.54) is 6.33 Å². The summed E-state index contributed by atoms with van der Waals surface area (Å²) in [7, 11) is 0. The fraction of sp³-hybridized carbons (Fsp3) is 0.200. The fourth-order valence-corrected chi connectivity index (χ4v) is 5.88. The number of imidazole rings is 1. The van der Waals surface area contributed by atoms with Crippen molar-refractivity contribution in [1.82, 2.24) is 14.9 Å². The zero-order valence-electron chi connectivity index (χ0n) is 25.3. The molecule has 49 heavy (non-hydrogen) atoms. The smallest absolute Gasteiger partial charge is 0.257 e. The Morgan fingerprint density at radius 3 is 2.12 bits per heavy atom. The van der Waals surface area contributed by atoms with Crippen molar-refractivity contribution >= 4 is 29.1 Å². The zero-order chi connectivity index (χ0) is 34.8. The Bertz CT molecular complexity index is 1960. The van der Waals surface area contributed by atoms with E-state index in [2.05, 4.69) is 10.3 Å². The monoisotopic (exact) mass is 717 g/mol. The second-order valence-electron chi connectivity index (χ2n) is 11.2. The highest BCUT2D eigenvalue weighted by Crippen LogP contribution is 2.39. The van der Waals surface area contributed by atoms with Crippen LogP contribution in [0.2, 0.25) is 10.3 Å². The van der Waals surface area contributed by atoms with Crippen LogP contribution in [0.1, 0.15) is 51.4 Å². The molecule has 7 nitrogen and oxygen atoms in total. The lowest BCUT2D eigenvalue weighted by molar-refractivity contribution is -0.252. The first-order chi connectivity index (χ1) is 23.5. The molecule has 1 aromatic heterocycles. The molecule has 0 aliphatic carbocycles. The Morgan fingerprint density at radius 2 is 1.49 bits per heavy atom. The van der Waals surface area contributed by atoms with Crippen LogP contribution < -0.4 is 5.32 Å². The van der Waals surface area contributed by atoms with Gasteiger partial charge in [0.25, 0.3) is 5.91 Å². The number of rotatable bonds is 9. The van der Waals surface area contributed by atoms with Crippen LogP contribution in [0.5, 0.6) is 0 Å². The molecule has 5 aromatic rings. The molecule has 2 heterocycles. The third-order valence-electron chi connectivity index (χ3n) is 8.14. The summed E-state index contributed by atoms with van der Waals surface area (Å²) in [5.74, 6) is -12.6. The molecule has 1 fully saturated rings. The van der Waals surface area contributed by atoms with Crippen molar-refractivity contribution < 1.29 is 41.3 Å². The van der Waals surface area contributed by atoms with Crippen LogP contribution >= 0.6 is 23.2 Å². The quantitative estimate of drug-likeness (QED) is 0.0912. The lowest BCUT2D eigenvalue weighted by Crippen LogP contribution is -2.32. The summed E-state index contributed by atoms with van der Waals surface area (Å²) >= 11 is 12.4. The molecule has 0 unspecified atom stereocenters. The molecule has 1 saturated heterocycles. The molecule has 4 aromatic carbocycles. The van der Waals surface area contributed by atoms with E-state index >= 15 is 0 Å². The minimum absolute atomic E-state index is 0.0901. The SMILES string of the molecule is O=C(NCc1ccccc1-c1ccc([C@@H]2O[C@H](Cn3cnc(Cl)c3Cl)C[C@H](c3ccc(CO)cc3)O2)cc1)c1c(F)c(F)c(F)c(F)c1F. The normalized spacial score (nSPS) is 17.7. The molecule has 1 amide bonds. The van der Waals surface area contributed by atoms with E-state index in [4.69, 9.17) is 32.7 Å². The van der Waals surface area contributed by atoms with Gasteiger partial charge in [-0.15, -0.1) is 0 Å². The van der Waals surface area contributed by atoms with Crippen molar-refractivity contribution in [1.29, 1.82) is 0 Å². The number of aliphatic hydroxyl groups excluding tert-OH is 1. The number of halogens is 7. The molecule has 2 N–H and O–H groups in total. The second-order valence-corrected chi connectivity index (χ2v) is 12.0. The molecule has 0 saturated carbocycles. The first kappa shape index (κ1) is 34.5. The molecule has 0 bridgehead atoms. The predicted molar refractivity (Wildman–Crippen MR) is 170 cm³/mol. The Kier molecular flexibility index (Phi) is 10.3. The maximum Gasteiger partial charge on any atom is 0.257 e. The maximum atomic E-state index is 14.2. The Morgan fingerprint density at radius 1 is 0.857 bits per heavy atom. The molecule has 0 radical (unpaired) electrons. The average molecular weight is 719 g/mol. The van der Waals surface area contributed by atoms with Gasteiger partial charge in [0.2, 0.25) is 5.82 Å². The van der Waals surface area contributed by atoms with Crippen LogP contribution in [0.3, 0.4) is 0 Å². The van der Waals surface area contributed by atoms with Crippen molar-refractivity contribution in [3.05, 3.63) is 146 Å². The number of aliphatic hydroxyl groups is 1. The van der Waals surface area contributed by atoms with Crippen LogP contribution in [0.15, 0.2) is 79.1 Å². The Balaban J connectivity index is 1.22. The van der Waals surface area contributed by atoms with Crippen molar-refractivity contribution in [2.45, 2.75) is 44.6 Å². The molecule has 14 heteroatoms. The number of carbonyl (C=O) groups is 1. The lowest BCUT2D eigenvalue weighted by Gasteiger charge is -2.36. The number of amides is 1. The molecular formula is C35H26Cl2F5N3O4. The third kappa shape index (κ3) is 7.19. The number of carbonyl (C=O) groups excluding carboxylic acids is 1. The average Bonchev–Trinajstić information content (AvgIpc) is 3.44. The van der Waals surface area contributed by atoms with Crippen molar-refractivity contribution in [3.63, 3.8) is 0 Å². The topological polar surface area (TPSA) is 85.6 Å². The molecule has 3 atom stereocenters. The first-order valence-corrected chi connectivity index (χ1v) is 15.7. The highest BCUT2D eigenvalue weighted by Gasteiger charge is 2.33. The van der Waals surface area contributed by atoms with E-state index in [-0.39, 0.29) is 35.7 Å². The summed E-state index contributed by atoms with van der Waals surface area (Å²) in [5, 5.41) is 12.2. The van der Waals surface area contributed by atoms with Gasteiger partial charge in [0.05, 0.1) is 31.7 Å². The molecular weight excluding hydrogens is 692 g/mol. The maximum absolute atomic E-state index is 14.2. The second kappa shape index (κ2) is 14.7. The fourth-order valence-electron chi connectivity index (χ4n) is 5.57. The van der Waals surface area contributed by atoms with Gasteiger partial charge in [0, 0.05) is 18.5 Å². The van der Waals surface area contributed by atoms with Gasteiger partial charge >= 0.3 is 0 Å². The number of ether oxygens (including phenoxy) is 2. The summed E-state index contributed by atoms with van der Waals surface area (Å²) in [6.07, 6.45) is 0.510. The summed E-state index contributed by atoms with van der Waals surface area (Å²) in [4.78, 5) is 16.6. The summed E-state index contributed by atoms with van der Waals surface area (Å²) < 4.78 is 83.6. The number of hydrogen-bond acceptors (Lipinski definition) is 5. The van der Waals surface area contributed by atoms with Gasteiger partial charge in [-0.25, -0.2) is 26.9 Å². The van der Waals surface area contributed by atoms with E-state index in [1.807, 2.05) is 24.3 Å². The van der Waals surface area contributed by atoms with Crippen LogP contribution in [0, 0.1) is 29.1 Å². The van der Waals surface area contributed by atoms with Gasteiger partial charge in [-0.3, -0.25) is 4.79 Å². The minimum atomic E-state index is -2.35. The van der Waals surface area contributed by atoms with Gasteiger partial charge in [-0.05, 0) is 27.8 Å². The van der Waals surface area contributed by atoms with Crippen molar-refractivity contribution in [3.8, 4) is 11.1 Å². The number of nitrogens with zero attached hydrogens (tertiary/aromatic N) is 2. The summed E-state index contributed by atoms with van der Waals surface area (Å²) in [6, 6.07) is 21.5. The molecule has 254 valence electrons. The molecule has 0 spiro atoms.